The Hall–Kier alpha value is -1.35. The molecular formula is C16H31N5O3S. The van der Waals surface area contributed by atoms with Crippen LogP contribution in [-0.2, 0) is 14.8 Å². The summed E-state index contributed by atoms with van der Waals surface area (Å²) in [5.41, 5.74) is 0. The van der Waals surface area contributed by atoms with E-state index in [9.17, 15) is 13.2 Å². The summed E-state index contributed by atoms with van der Waals surface area (Å²) in [5.74, 6) is 0.983. The Labute approximate surface area is 150 Å². The lowest BCUT2D eigenvalue weighted by atomic mass is 9.86. The number of guanidine groups is 1. The molecule has 0 bridgehead atoms. The summed E-state index contributed by atoms with van der Waals surface area (Å²) in [6, 6.07) is 0. The van der Waals surface area contributed by atoms with Gasteiger partial charge in [-0.05, 0) is 38.5 Å². The topological polar surface area (TPSA) is 103 Å². The van der Waals surface area contributed by atoms with E-state index < -0.39 is 10.0 Å². The van der Waals surface area contributed by atoms with E-state index in [0.29, 0.717) is 25.0 Å². The fourth-order valence-corrected chi connectivity index (χ4v) is 3.88. The molecule has 0 atom stereocenters. The van der Waals surface area contributed by atoms with Gasteiger partial charge in [0, 0.05) is 32.7 Å². The molecule has 2 rings (SSSR count). The number of hydrogen-bond donors (Lipinski definition) is 3. The molecule has 0 unspecified atom stereocenters. The number of hydrogen-bond acceptors (Lipinski definition) is 4. The van der Waals surface area contributed by atoms with Crippen LogP contribution in [0, 0.1) is 5.92 Å². The van der Waals surface area contributed by atoms with Gasteiger partial charge >= 0.3 is 0 Å². The van der Waals surface area contributed by atoms with Gasteiger partial charge in [0.05, 0.1) is 5.75 Å². The molecular weight excluding hydrogens is 342 g/mol. The van der Waals surface area contributed by atoms with Crippen LogP contribution in [0.5, 0.6) is 0 Å². The van der Waals surface area contributed by atoms with Crippen molar-refractivity contribution in [3.05, 3.63) is 0 Å². The third-order valence-corrected chi connectivity index (χ3v) is 6.00. The van der Waals surface area contributed by atoms with Gasteiger partial charge in [0.25, 0.3) is 0 Å². The van der Waals surface area contributed by atoms with E-state index in [2.05, 4.69) is 20.3 Å². The fraction of sp³-hybridized carbons (Fsp3) is 0.875. The first kappa shape index (κ1) is 20.0. The molecule has 25 heavy (non-hydrogen) atoms. The van der Waals surface area contributed by atoms with E-state index in [4.69, 9.17) is 0 Å². The lowest BCUT2D eigenvalue weighted by molar-refractivity contribution is -0.128. The van der Waals surface area contributed by atoms with Crippen molar-refractivity contribution in [2.45, 2.75) is 39.0 Å². The van der Waals surface area contributed by atoms with Crippen molar-refractivity contribution in [2.75, 3.05) is 45.0 Å². The SMILES string of the molecule is CCNC(=NCC(=O)N1CCCC1)NCCS(=O)(=O)NCC1CCC1. The largest absolute Gasteiger partial charge is 0.357 e. The van der Waals surface area contributed by atoms with Crippen LogP contribution in [0.4, 0.5) is 0 Å². The number of aliphatic imine (C=N–C) groups is 1. The second-order valence-electron chi connectivity index (χ2n) is 6.67. The van der Waals surface area contributed by atoms with E-state index in [1.54, 1.807) is 0 Å². The number of nitrogens with zero attached hydrogens (tertiary/aromatic N) is 2. The molecule has 0 aromatic heterocycles. The minimum atomic E-state index is -3.28. The molecule has 144 valence electrons. The Morgan fingerprint density at radius 1 is 1.16 bits per heavy atom. The molecule has 1 aliphatic heterocycles. The molecule has 9 heteroatoms. The smallest absolute Gasteiger partial charge is 0.244 e. The van der Waals surface area contributed by atoms with Gasteiger partial charge in [-0.15, -0.1) is 0 Å². The second-order valence-corrected chi connectivity index (χ2v) is 8.60. The third-order valence-electron chi connectivity index (χ3n) is 4.66. The zero-order chi connectivity index (χ0) is 18.1. The zero-order valence-corrected chi connectivity index (χ0v) is 15.9. The van der Waals surface area contributed by atoms with Gasteiger partial charge in [0.1, 0.15) is 6.54 Å². The van der Waals surface area contributed by atoms with Crippen molar-refractivity contribution in [3.63, 3.8) is 0 Å². The van der Waals surface area contributed by atoms with Crippen LogP contribution in [-0.4, -0.2) is 70.2 Å². The molecule has 1 aliphatic carbocycles. The van der Waals surface area contributed by atoms with Crippen LogP contribution in [0.3, 0.4) is 0 Å². The standard InChI is InChI=1S/C16H31N5O3S/c1-2-17-16(19-13-15(22)21-9-3-4-10-21)18-8-11-25(23,24)20-12-14-6-5-7-14/h14,20H,2-13H2,1H3,(H2,17,18,19). The summed E-state index contributed by atoms with van der Waals surface area (Å²) in [7, 11) is -3.28. The highest BCUT2D eigenvalue weighted by molar-refractivity contribution is 7.89. The molecule has 1 saturated carbocycles. The van der Waals surface area contributed by atoms with Crippen molar-refractivity contribution in [3.8, 4) is 0 Å². The highest BCUT2D eigenvalue weighted by Crippen LogP contribution is 2.25. The summed E-state index contributed by atoms with van der Waals surface area (Å²) < 4.78 is 26.6. The monoisotopic (exact) mass is 373 g/mol. The Bertz CT molecular complexity index is 554. The van der Waals surface area contributed by atoms with Crippen LogP contribution in [0.25, 0.3) is 0 Å². The number of carbonyl (C=O) groups excluding carboxylic acids is 1. The molecule has 1 heterocycles. The van der Waals surface area contributed by atoms with E-state index in [0.717, 1.165) is 38.8 Å². The Balaban J connectivity index is 1.71. The summed E-state index contributed by atoms with van der Waals surface area (Å²) in [5, 5.41) is 6.02. The van der Waals surface area contributed by atoms with Crippen LogP contribution < -0.4 is 15.4 Å². The maximum absolute atomic E-state index is 12.0. The van der Waals surface area contributed by atoms with E-state index in [1.807, 2.05) is 11.8 Å². The van der Waals surface area contributed by atoms with Gasteiger partial charge in [-0.2, -0.15) is 0 Å². The van der Waals surface area contributed by atoms with Gasteiger partial charge in [0.2, 0.25) is 15.9 Å². The van der Waals surface area contributed by atoms with E-state index in [-0.39, 0.29) is 24.7 Å². The minimum absolute atomic E-state index is 0.00972. The van der Waals surface area contributed by atoms with Gasteiger partial charge < -0.3 is 15.5 Å². The maximum Gasteiger partial charge on any atom is 0.244 e. The Morgan fingerprint density at radius 3 is 2.48 bits per heavy atom. The molecule has 3 N–H and O–H groups in total. The highest BCUT2D eigenvalue weighted by atomic mass is 32.2. The number of rotatable bonds is 9. The third kappa shape index (κ3) is 7.19. The van der Waals surface area contributed by atoms with Crippen LogP contribution in [0.2, 0.25) is 0 Å². The Kier molecular flexibility index (Phi) is 7.95. The van der Waals surface area contributed by atoms with Gasteiger partial charge in [-0.3, -0.25) is 4.79 Å². The summed E-state index contributed by atoms with van der Waals surface area (Å²) in [4.78, 5) is 18.1. The van der Waals surface area contributed by atoms with Crippen LogP contribution in [0.15, 0.2) is 4.99 Å². The molecule has 2 aliphatic rings. The molecule has 1 saturated heterocycles. The van der Waals surface area contributed by atoms with Gasteiger partial charge in [0.15, 0.2) is 5.96 Å². The van der Waals surface area contributed by atoms with Crippen molar-refractivity contribution < 1.29 is 13.2 Å². The fourth-order valence-electron chi connectivity index (χ4n) is 2.87. The van der Waals surface area contributed by atoms with Crippen molar-refractivity contribution in [1.82, 2.24) is 20.3 Å². The van der Waals surface area contributed by atoms with Gasteiger partial charge in [-0.25, -0.2) is 18.1 Å². The number of sulfonamides is 1. The van der Waals surface area contributed by atoms with Crippen molar-refractivity contribution in [2.24, 2.45) is 10.9 Å². The Morgan fingerprint density at radius 2 is 1.88 bits per heavy atom. The second kappa shape index (κ2) is 9.96. The number of carbonyl (C=O) groups is 1. The lowest BCUT2D eigenvalue weighted by Gasteiger charge is -2.25. The van der Waals surface area contributed by atoms with E-state index >= 15 is 0 Å². The average Bonchev–Trinajstić information content (AvgIpc) is 3.05. The van der Waals surface area contributed by atoms with Crippen LogP contribution >= 0.6 is 0 Å². The first-order valence-corrected chi connectivity index (χ1v) is 10.9. The first-order valence-electron chi connectivity index (χ1n) is 9.27. The zero-order valence-electron chi connectivity index (χ0n) is 15.1. The summed E-state index contributed by atoms with van der Waals surface area (Å²) in [6.07, 6.45) is 5.54. The lowest BCUT2D eigenvalue weighted by Crippen LogP contribution is -2.42. The normalized spacial score (nSPS) is 18.9. The molecule has 0 radical (unpaired) electrons. The molecule has 0 aromatic carbocycles. The molecule has 0 aromatic rings. The highest BCUT2D eigenvalue weighted by Gasteiger charge is 2.20. The molecule has 8 nitrogen and oxygen atoms in total. The summed E-state index contributed by atoms with van der Waals surface area (Å²) in [6.45, 7) is 5.08. The quantitative estimate of drug-likeness (QED) is 0.386. The predicted molar refractivity (Wildman–Crippen MR) is 98.9 cm³/mol. The van der Waals surface area contributed by atoms with Crippen molar-refractivity contribution in [1.29, 1.82) is 0 Å². The predicted octanol–water partition coefficient (Wildman–Crippen LogP) is -0.117. The number of likely N-dealkylation sites (tertiary alicyclic amines) is 1. The first-order chi connectivity index (χ1) is 12.0. The van der Waals surface area contributed by atoms with Gasteiger partial charge in [-0.1, -0.05) is 6.42 Å². The maximum atomic E-state index is 12.0. The van der Waals surface area contributed by atoms with Crippen LogP contribution in [0.1, 0.15) is 39.0 Å². The number of nitrogens with one attached hydrogen (secondary N) is 3. The minimum Gasteiger partial charge on any atom is -0.357 e. The summed E-state index contributed by atoms with van der Waals surface area (Å²) >= 11 is 0. The molecule has 1 amide bonds. The molecule has 0 spiro atoms. The number of amides is 1. The average molecular weight is 374 g/mol. The van der Waals surface area contributed by atoms with Crippen molar-refractivity contribution >= 4 is 21.9 Å². The van der Waals surface area contributed by atoms with E-state index in [1.165, 1.54) is 6.42 Å². The molecule has 2 fully saturated rings.